The maximum atomic E-state index is 12.3. The molecular weight excluding hydrogens is 278 g/mol. The minimum atomic E-state index is -1.19. The Balaban J connectivity index is 1.96. The van der Waals surface area contributed by atoms with Gasteiger partial charge in [-0.15, -0.1) is 0 Å². The zero-order valence-corrected chi connectivity index (χ0v) is 11.7. The van der Waals surface area contributed by atoms with E-state index in [1.165, 1.54) is 0 Å². The number of carboxylic acids is 1. The Hall–Kier alpha value is -1.83. The number of piperidine rings is 1. The number of aliphatic hydroxyl groups excluding tert-OH is 1. The van der Waals surface area contributed by atoms with Crippen molar-refractivity contribution in [1.29, 1.82) is 0 Å². The van der Waals surface area contributed by atoms with Crippen LogP contribution in [0.4, 0.5) is 4.79 Å². The van der Waals surface area contributed by atoms with E-state index in [2.05, 4.69) is 5.32 Å². The maximum Gasteiger partial charge on any atom is 0.326 e. The van der Waals surface area contributed by atoms with E-state index in [9.17, 15) is 19.5 Å². The second kappa shape index (κ2) is 6.30. The highest BCUT2D eigenvalue weighted by molar-refractivity contribution is 5.84. The molecule has 5 N–H and O–H groups in total. The van der Waals surface area contributed by atoms with Gasteiger partial charge >= 0.3 is 12.0 Å². The summed E-state index contributed by atoms with van der Waals surface area (Å²) in [5, 5.41) is 21.3. The van der Waals surface area contributed by atoms with E-state index in [0.717, 1.165) is 12.8 Å². The summed E-state index contributed by atoms with van der Waals surface area (Å²) < 4.78 is 0. The van der Waals surface area contributed by atoms with Gasteiger partial charge in [-0.25, -0.2) is 9.59 Å². The molecule has 3 amide bonds. The molecule has 0 aromatic rings. The molecular formula is C13H21N3O5. The smallest absolute Gasteiger partial charge is 0.326 e. The standard InChI is InChI=1S/C13H21N3O5/c14-11(18)4-3-10(12(19)20)15-13(21)16-7-1-2-8(16)6-9(17)5-7/h7-10,17H,1-6H2,(H2,14,18)(H,15,21)(H,19,20). The molecule has 2 saturated heterocycles. The van der Waals surface area contributed by atoms with Crippen LogP contribution in [-0.4, -0.2) is 57.3 Å². The minimum absolute atomic E-state index is 0.0256. The van der Waals surface area contributed by atoms with Crippen LogP contribution in [0.25, 0.3) is 0 Å². The number of nitrogens with one attached hydrogen (secondary N) is 1. The van der Waals surface area contributed by atoms with Crippen LogP contribution in [0.2, 0.25) is 0 Å². The van der Waals surface area contributed by atoms with Crippen molar-refractivity contribution < 1.29 is 24.6 Å². The first kappa shape index (κ1) is 15.6. The third-order valence-corrected chi connectivity index (χ3v) is 4.22. The Bertz CT molecular complexity index is 428. The summed E-state index contributed by atoms with van der Waals surface area (Å²) in [6.07, 6.45) is 2.20. The third-order valence-electron chi connectivity index (χ3n) is 4.22. The summed E-state index contributed by atoms with van der Waals surface area (Å²) in [6.45, 7) is 0. The van der Waals surface area contributed by atoms with Crippen molar-refractivity contribution in [3.05, 3.63) is 0 Å². The number of urea groups is 1. The number of fused-ring (bicyclic) bond motifs is 2. The number of hydrogen-bond donors (Lipinski definition) is 4. The molecule has 3 atom stereocenters. The molecule has 8 nitrogen and oxygen atoms in total. The van der Waals surface area contributed by atoms with Crippen molar-refractivity contribution in [2.45, 2.75) is 62.8 Å². The molecule has 21 heavy (non-hydrogen) atoms. The van der Waals surface area contributed by atoms with Crippen molar-refractivity contribution in [2.24, 2.45) is 5.73 Å². The lowest BCUT2D eigenvalue weighted by Gasteiger charge is -2.37. The maximum absolute atomic E-state index is 12.3. The summed E-state index contributed by atoms with van der Waals surface area (Å²) in [5.41, 5.74) is 5.00. The second-order valence-electron chi connectivity index (χ2n) is 5.76. The van der Waals surface area contributed by atoms with E-state index in [0.29, 0.717) is 12.8 Å². The van der Waals surface area contributed by atoms with Crippen molar-refractivity contribution in [2.75, 3.05) is 0 Å². The van der Waals surface area contributed by atoms with Gasteiger partial charge in [0.2, 0.25) is 5.91 Å². The molecule has 8 heteroatoms. The molecule has 2 bridgehead atoms. The molecule has 2 aliphatic heterocycles. The Morgan fingerprint density at radius 1 is 1.24 bits per heavy atom. The quantitative estimate of drug-likeness (QED) is 0.538. The number of nitrogens with zero attached hydrogens (tertiary/aromatic N) is 1. The topological polar surface area (TPSA) is 133 Å². The number of nitrogens with two attached hydrogens (primary N) is 1. The number of aliphatic hydroxyl groups is 1. The number of carbonyl (C=O) groups excluding carboxylic acids is 2. The zero-order chi connectivity index (χ0) is 15.6. The van der Waals surface area contributed by atoms with E-state index in [1.807, 2.05) is 0 Å². The fourth-order valence-corrected chi connectivity index (χ4v) is 3.25. The van der Waals surface area contributed by atoms with Gasteiger partial charge in [0.05, 0.1) is 6.10 Å². The molecule has 2 aliphatic rings. The number of aliphatic carboxylic acids is 1. The fraction of sp³-hybridized carbons (Fsp3) is 0.769. The van der Waals surface area contributed by atoms with Gasteiger partial charge in [0.15, 0.2) is 0 Å². The summed E-state index contributed by atoms with van der Waals surface area (Å²) in [5.74, 6) is -1.79. The first-order valence-electron chi connectivity index (χ1n) is 7.16. The van der Waals surface area contributed by atoms with Gasteiger partial charge in [0.1, 0.15) is 6.04 Å². The van der Waals surface area contributed by atoms with Gasteiger partial charge < -0.3 is 26.2 Å². The summed E-state index contributed by atoms with van der Waals surface area (Å²) in [6, 6.07) is -1.64. The molecule has 0 radical (unpaired) electrons. The molecule has 0 spiro atoms. The van der Waals surface area contributed by atoms with E-state index >= 15 is 0 Å². The lowest BCUT2D eigenvalue weighted by molar-refractivity contribution is -0.139. The highest BCUT2D eigenvalue weighted by Gasteiger charge is 2.43. The fourth-order valence-electron chi connectivity index (χ4n) is 3.25. The first-order valence-corrected chi connectivity index (χ1v) is 7.16. The van der Waals surface area contributed by atoms with Crippen LogP contribution in [0.15, 0.2) is 0 Å². The monoisotopic (exact) mass is 299 g/mol. The lowest BCUT2D eigenvalue weighted by Crippen LogP contribution is -2.55. The van der Waals surface area contributed by atoms with Crippen LogP contribution < -0.4 is 11.1 Å². The average Bonchev–Trinajstić information content (AvgIpc) is 2.66. The van der Waals surface area contributed by atoms with Crippen LogP contribution in [0.3, 0.4) is 0 Å². The Morgan fingerprint density at radius 3 is 2.29 bits per heavy atom. The summed E-state index contributed by atoms with van der Waals surface area (Å²) in [4.78, 5) is 35.8. The largest absolute Gasteiger partial charge is 0.480 e. The number of carboxylic acid groups (broad SMARTS) is 1. The second-order valence-corrected chi connectivity index (χ2v) is 5.76. The zero-order valence-electron chi connectivity index (χ0n) is 11.7. The van der Waals surface area contributed by atoms with Crippen LogP contribution in [-0.2, 0) is 9.59 Å². The van der Waals surface area contributed by atoms with E-state index in [4.69, 9.17) is 10.8 Å². The van der Waals surface area contributed by atoms with Crippen LogP contribution in [0.1, 0.15) is 38.5 Å². The average molecular weight is 299 g/mol. The highest BCUT2D eigenvalue weighted by Crippen LogP contribution is 2.35. The number of rotatable bonds is 5. The van der Waals surface area contributed by atoms with Crippen molar-refractivity contribution in [1.82, 2.24) is 10.2 Å². The molecule has 2 heterocycles. The normalized spacial score (nSPS) is 29.0. The third kappa shape index (κ3) is 3.63. The van der Waals surface area contributed by atoms with Crippen molar-refractivity contribution >= 4 is 17.9 Å². The number of primary amides is 1. The van der Waals surface area contributed by atoms with Crippen molar-refractivity contribution in [3.8, 4) is 0 Å². The molecule has 0 aromatic carbocycles. The van der Waals surface area contributed by atoms with Crippen LogP contribution in [0.5, 0.6) is 0 Å². The summed E-state index contributed by atoms with van der Waals surface area (Å²) in [7, 11) is 0. The predicted molar refractivity (Wildman–Crippen MR) is 72.3 cm³/mol. The Kier molecular flexibility index (Phi) is 4.66. The molecule has 0 saturated carbocycles. The minimum Gasteiger partial charge on any atom is -0.480 e. The first-order chi connectivity index (χ1) is 9.88. The summed E-state index contributed by atoms with van der Waals surface area (Å²) >= 11 is 0. The number of carbonyl (C=O) groups is 3. The molecule has 118 valence electrons. The number of hydrogen-bond acceptors (Lipinski definition) is 4. The van der Waals surface area contributed by atoms with Gasteiger partial charge in [0.25, 0.3) is 0 Å². The number of amides is 3. The molecule has 2 rings (SSSR count). The van der Waals surface area contributed by atoms with Crippen LogP contribution >= 0.6 is 0 Å². The predicted octanol–water partition coefficient (Wildman–Crippen LogP) is -0.598. The lowest BCUT2D eigenvalue weighted by atomic mass is 10.0. The molecule has 0 aromatic heterocycles. The van der Waals surface area contributed by atoms with Gasteiger partial charge in [-0.1, -0.05) is 0 Å². The Morgan fingerprint density at radius 2 is 1.81 bits per heavy atom. The highest BCUT2D eigenvalue weighted by atomic mass is 16.4. The van der Waals surface area contributed by atoms with Gasteiger partial charge in [-0.2, -0.15) is 0 Å². The SMILES string of the molecule is NC(=O)CCC(NC(=O)N1C2CCC1CC(O)C2)C(=O)O. The molecule has 0 aliphatic carbocycles. The molecule has 2 fully saturated rings. The van der Waals surface area contributed by atoms with Gasteiger partial charge in [0, 0.05) is 18.5 Å². The Labute approximate surface area is 122 Å². The van der Waals surface area contributed by atoms with E-state index < -0.39 is 30.1 Å². The van der Waals surface area contributed by atoms with E-state index in [1.54, 1.807) is 4.90 Å². The van der Waals surface area contributed by atoms with Crippen LogP contribution in [0, 0.1) is 0 Å². The van der Waals surface area contributed by atoms with Crippen molar-refractivity contribution in [3.63, 3.8) is 0 Å². The molecule has 3 unspecified atom stereocenters. The van der Waals surface area contributed by atoms with Gasteiger partial charge in [-0.05, 0) is 32.1 Å². The van der Waals surface area contributed by atoms with Gasteiger partial charge in [-0.3, -0.25) is 4.79 Å². The van der Waals surface area contributed by atoms with E-state index in [-0.39, 0.29) is 24.9 Å².